The van der Waals surface area contributed by atoms with Gasteiger partial charge in [-0.25, -0.2) is 0 Å². The summed E-state index contributed by atoms with van der Waals surface area (Å²) in [5, 5.41) is 7.94. The molecule has 1 aliphatic heterocycles. The van der Waals surface area contributed by atoms with Crippen LogP contribution in [0.15, 0.2) is 164 Å². The molecule has 12 rings (SSSR count). The molecule has 4 aliphatic rings. The van der Waals surface area contributed by atoms with E-state index < -0.39 is 0 Å². The molecule has 57 heavy (non-hydrogen) atoms. The molecular weight excluding hydrogens is 687 g/mol. The Hall–Kier alpha value is -6.18. The average molecular weight is 732 g/mol. The molecule has 0 bridgehead atoms. The second-order valence-corrected chi connectivity index (χ2v) is 17.9. The highest BCUT2D eigenvalue weighted by atomic mass is 15.2. The van der Waals surface area contributed by atoms with Crippen molar-refractivity contribution in [1.29, 1.82) is 0 Å². The summed E-state index contributed by atoms with van der Waals surface area (Å²) >= 11 is 0. The molecule has 2 atom stereocenters. The maximum absolute atomic E-state index is 2.63. The fourth-order valence-electron chi connectivity index (χ4n) is 11.7. The van der Waals surface area contributed by atoms with Crippen molar-refractivity contribution in [1.82, 2.24) is 0 Å². The summed E-state index contributed by atoms with van der Waals surface area (Å²) in [5.41, 5.74) is 17.8. The van der Waals surface area contributed by atoms with Crippen LogP contribution in [0.1, 0.15) is 67.0 Å². The topological polar surface area (TPSA) is 3.24 Å². The molecule has 0 radical (unpaired) electrons. The minimum absolute atomic E-state index is 0.0500. The van der Waals surface area contributed by atoms with Crippen molar-refractivity contribution in [3.05, 3.63) is 197 Å². The van der Waals surface area contributed by atoms with Crippen molar-refractivity contribution < 1.29 is 0 Å². The molecule has 0 saturated carbocycles. The summed E-state index contributed by atoms with van der Waals surface area (Å²) in [6, 6.07) is 53.4. The van der Waals surface area contributed by atoms with Crippen LogP contribution in [0.3, 0.4) is 0 Å². The van der Waals surface area contributed by atoms with Crippen LogP contribution in [-0.2, 0) is 23.7 Å². The van der Waals surface area contributed by atoms with Crippen molar-refractivity contribution in [3.8, 4) is 22.3 Å². The van der Waals surface area contributed by atoms with Crippen LogP contribution in [0.25, 0.3) is 54.6 Å². The van der Waals surface area contributed by atoms with Gasteiger partial charge in [-0.05, 0) is 120 Å². The molecule has 1 nitrogen and oxygen atoms in total. The highest BCUT2D eigenvalue weighted by Crippen LogP contribution is 2.61. The quantitative estimate of drug-likeness (QED) is 0.160. The monoisotopic (exact) mass is 731 g/mol. The Morgan fingerprint density at radius 2 is 1.07 bits per heavy atom. The van der Waals surface area contributed by atoms with E-state index in [0.29, 0.717) is 11.8 Å². The van der Waals surface area contributed by atoms with Gasteiger partial charge in [0.15, 0.2) is 0 Å². The van der Waals surface area contributed by atoms with E-state index in [0.717, 1.165) is 12.8 Å². The number of allylic oxidation sites excluding steroid dienone is 4. The molecular formula is C56H45N. The third-order valence-corrected chi connectivity index (χ3v) is 14.4. The van der Waals surface area contributed by atoms with Gasteiger partial charge >= 0.3 is 0 Å². The predicted octanol–water partition coefficient (Wildman–Crippen LogP) is 14.8. The number of para-hydroxylation sites is 2. The van der Waals surface area contributed by atoms with Gasteiger partial charge in [0.2, 0.25) is 0 Å². The van der Waals surface area contributed by atoms with Crippen LogP contribution in [0.5, 0.6) is 0 Å². The highest BCUT2D eigenvalue weighted by Gasteiger charge is 2.47. The smallest absolute Gasteiger partial charge is 0.0619 e. The Labute approximate surface area is 335 Å². The minimum Gasteiger partial charge on any atom is -0.309 e. The lowest BCUT2D eigenvalue weighted by atomic mass is 9.74. The van der Waals surface area contributed by atoms with Gasteiger partial charge < -0.3 is 4.90 Å². The molecule has 2 unspecified atom stereocenters. The summed E-state index contributed by atoms with van der Waals surface area (Å²) in [7, 11) is 0. The number of anilines is 3. The zero-order chi connectivity index (χ0) is 38.2. The van der Waals surface area contributed by atoms with Gasteiger partial charge in [-0.2, -0.15) is 0 Å². The van der Waals surface area contributed by atoms with E-state index in [4.69, 9.17) is 0 Å². The Kier molecular flexibility index (Phi) is 6.76. The van der Waals surface area contributed by atoms with Gasteiger partial charge in [0, 0.05) is 33.5 Å². The van der Waals surface area contributed by atoms with Crippen LogP contribution in [-0.4, -0.2) is 0 Å². The van der Waals surface area contributed by atoms with Crippen LogP contribution >= 0.6 is 0 Å². The fourth-order valence-corrected chi connectivity index (χ4v) is 11.7. The van der Waals surface area contributed by atoms with E-state index in [1.807, 2.05) is 0 Å². The summed E-state index contributed by atoms with van der Waals surface area (Å²) in [5.74, 6) is 0.730. The largest absolute Gasteiger partial charge is 0.309 e. The van der Waals surface area contributed by atoms with Gasteiger partial charge in [0.25, 0.3) is 0 Å². The van der Waals surface area contributed by atoms with Crippen LogP contribution in [0, 0.1) is 5.92 Å². The Morgan fingerprint density at radius 3 is 1.75 bits per heavy atom. The number of hydrogen-bond donors (Lipinski definition) is 0. The fraction of sp³-hybridized carbons (Fsp3) is 0.179. The first-order valence-corrected chi connectivity index (χ1v) is 20.8. The van der Waals surface area contributed by atoms with Gasteiger partial charge in [0.05, 0.1) is 5.69 Å². The molecule has 1 heterocycles. The summed E-state index contributed by atoms with van der Waals surface area (Å²) in [6.45, 7) is 9.82. The molecule has 0 fully saturated rings. The summed E-state index contributed by atoms with van der Waals surface area (Å²) < 4.78 is 0. The zero-order valence-corrected chi connectivity index (χ0v) is 33.1. The van der Waals surface area contributed by atoms with E-state index in [9.17, 15) is 0 Å². The van der Waals surface area contributed by atoms with Crippen molar-refractivity contribution in [2.75, 3.05) is 4.90 Å². The normalized spacial score (nSPS) is 19.2. The summed E-state index contributed by atoms with van der Waals surface area (Å²) in [4.78, 5) is 2.59. The number of aryl methyl sites for hydroxylation is 2. The molecule has 0 saturated heterocycles. The standard InChI is InChI=1S/C56H45N/c1-55(2)44-25-13-11-23-41(44)51-46(55)32-31-38-43(33-47-52(53(38)51)42-24-12-14-26-45(42)56(47,3)4)50-36-19-7-9-21-39(36)54(40-22-10-8-20-37(40)50)57-48-27-15-5-17-34(48)29-30-35-18-6-16-28-49(35)57/h5-28,31-33,42,45H,29-30H2,1-4H3. The Balaban J connectivity index is 1.25. The molecule has 1 heteroatoms. The third-order valence-electron chi connectivity index (χ3n) is 14.4. The highest BCUT2D eigenvalue weighted by molar-refractivity contribution is 6.25. The lowest BCUT2D eigenvalue weighted by Gasteiger charge is -2.31. The van der Waals surface area contributed by atoms with Gasteiger partial charge in [0.1, 0.15) is 0 Å². The molecule has 0 amide bonds. The first-order valence-electron chi connectivity index (χ1n) is 20.8. The number of benzene rings is 8. The van der Waals surface area contributed by atoms with Gasteiger partial charge in [-0.15, -0.1) is 0 Å². The van der Waals surface area contributed by atoms with Gasteiger partial charge in [-0.1, -0.05) is 173 Å². The van der Waals surface area contributed by atoms with Crippen LogP contribution in [0.4, 0.5) is 17.1 Å². The Bertz CT molecular complexity index is 2990. The van der Waals surface area contributed by atoms with E-state index in [1.54, 1.807) is 0 Å². The predicted molar refractivity (Wildman–Crippen MR) is 242 cm³/mol. The van der Waals surface area contributed by atoms with E-state index in [1.165, 1.54) is 105 Å². The third kappa shape index (κ3) is 4.35. The van der Waals surface area contributed by atoms with Crippen molar-refractivity contribution in [3.63, 3.8) is 0 Å². The summed E-state index contributed by atoms with van der Waals surface area (Å²) in [6.07, 6.45) is 11.6. The Morgan fingerprint density at radius 1 is 0.491 bits per heavy atom. The first kappa shape index (κ1) is 33.0. The van der Waals surface area contributed by atoms with Gasteiger partial charge in [-0.3, -0.25) is 0 Å². The van der Waals surface area contributed by atoms with Crippen LogP contribution < -0.4 is 4.90 Å². The van der Waals surface area contributed by atoms with E-state index in [-0.39, 0.29) is 10.8 Å². The minimum atomic E-state index is -0.0837. The number of hydrogen-bond acceptors (Lipinski definition) is 1. The maximum Gasteiger partial charge on any atom is 0.0619 e. The lowest BCUT2D eigenvalue weighted by Crippen LogP contribution is -2.24. The van der Waals surface area contributed by atoms with E-state index in [2.05, 4.69) is 196 Å². The SMILES string of the molecule is CC1(C)c2ccccc2-c2c1ccc1c(-c3c4ccccc4c(N4c5ccccc5CCc5ccccc54)c4ccccc34)cc3c(c21)C1C=CC=CC1C3(C)C. The lowest BCUT2D eigenvalue weighted by molar-refractivity contribution is 0.394. The molecule has 3 aliphatic carbocycles. The molecule has 0 aromatic heterocycles. The second kappa shape index (κ2) is 11.7. The number of fused-ring (bicyclic) bond motifs is 13. The van der Waals surface area contributed by atoms with E-state index >= 15 is 0 Å². The van der Waals surface area contributed by atoms with Crippen molar-refractivity contribution in [2.24, 2.45) is 5.92 Å². The molecule has 274 valence electrons. The molecule has 8 aromatic rings. The first-order chi connectivity index (χ1) is 27.8. The number of rotatable bonds is 2. The maximum atomic E-state index is 2.63. The zero-order valence-electron chi connectivity index (χ0n) is 33.1. The molecule has 8 aromatic carbocycles. The average Bonchev–Trinajstić information content (AvgIpc) is 3.53. The van der Waals surface area contributed by atoms with Crippen molar-refractivity contribution in [2.45, 2.75) is 57.3 Å². The second-order valence-electron chi connectivity index (χ2n) is 17.9. The molecule has 0 N–H and O–H groups in total. The van der Waals surface area contributed by atoms with Crippen molar-refractivity contribution >= 4 is 49.4 Å². The molecule has 0 spiro atoms. The van der Waals surface area contributed by atoms with Crippen LogP contribution in [0.2, 0.25) is 0 Å². The number of nitrogens with zero attached hydrogens (tertiary/aromatic N) is 1.